The molecule has 0 bridgehead atoms. The van der Waals surface area contributed by atoms with Crippen LogP contribution in [0.15, 0.2) is 23.1 Å². The van der Waals surface area contributed by atoms with Crippen molar-refractivity contribution < 1.29 is 13.2 Å². The maximum atomic E-state index is 12.7. The van der Waals surface area contributed by atoms with E-state index < -0.39 is 10.0 Å². The minimum Gasteiger partial charge on any atom is -0.495 e. The van der Waals surface area contributed by atoms with Crippen LogP contribution in [0.1, 0.15) is 18.4 Å². The van der Waals surface area contributed by atoms with Gasteiger partial charge in [0.15, 0.2) is 0 Å². The molecule has 2 rings (SSSR count). The van der Waals surface area contributed by atoms with Gasteiger partial charge in [0.2, 0.25) is 10.0 Å². The Hall–Kier alpha value is -1.62. The third-order valence-electron chi connectivity index (χ3n) is 3.47. The van der Waals surface area contributed by atoms with E-state index in [1.165, 1.54) is 29.6 Å². The number of nitriles is 1. The normalized spacial score (nSPS) is 19.8. The molecule has 0 aliphatic carbocycles. The molecule has 1 aliphatic heterocycles. The van der Waals surface area contributed by atoms with Crippen LogP contribution in [0.25, 0.3) is 0 Å². The predicted molar refractivity (Wildman–Crippen MR) is 73.7 cm³/mol. The Morgan fingerprint density at radius 2 is 2.30 bits per heavy atom. The van der Waals surface area contributed by atoms with E-state index in [-0.39, 0.29) is 16.7 Å². The fourth-order valence-corrected chi connectivity index (χ4v) is 4.28. The Bertz CT molecular complexity index is 637. The average molecular weight is 295 g/mol. The zero-order valence-electron chi connectivity index (χ0n) is 11.2. The highest BCUT2D eigenvalue weighted by Gasteiger charge is 2.36. The number of hydrogen-bond donors (Lipinski definition) is 1. The van der Waals surface area contributed by atoms with E-state index in [9.17, 15) is 8.42 Å². The molecular weight excluding hydrogens is 278 g/mol. The maximum Gasteiger partial charge on any atom is 0.247 e. The highest BCUT2D eigenvalue weighted by atomic mass is 32.2. The number of hydrogen-bond acceptors (Lipinski definition) is 5. The van der Waals surface area contributed by atoms with Crippen LogP contribution in [0.2, 0.25) is 0 Å². The largest absolute Gasteiger partial charge is 0.495 e. The summed E-state index contributed by atoms with van der Waals surface area (Å²) in [5.41, 5.74) is 5.99. The lowest BCUT2D eigenvalue weighted by molar-refractivity contribution is 0.379. The van der Waals surface area contributed by atoms with Crippen molar-refractivity contribution in [1.29, 1.82) is 5.26 Å². The molecule has 0 saturated carbocycles. The van der Waals surface area contributed by atoms with Crippen molar-refractivity contribution in [1.82, 2.24) is 4.31 Å². The molecule has 6 nitrogen and oxygen atoms in total. The van der Waals surface area contributed by atoms with Crippen LogP contribution in [0.3, 0.4) is 0 Å². The number of nitrogens with two attached hydrogens (primary N) is 1. The second-order valence-corrected chi connectivity index (χ2v) is 6.48. The first-order valence-electron chi connectivity index (χ1n) is 6.34. The van der Waals surface area contributed by atoms with Crippen LogP contribution in [-0.4, -0.2) is 39.0 Å². The fourth-order valence-electron chi connectivity index (χ4n) is 2.44. The fraction of sp³-hybridized carbons (Fsp3) is 0.462. The first-order valence-corrected chi connectivity index (χ1v) is 7.78. The average Bonchev–Trinajstić information content (AvgIpc) is 2.95. The van der Waals surface area contributed by atoms with Gasteiger partial charge in [0, 0.05) is 19.1 Å². The van der Waals surface area contributed by atoms with E-state index in [0.717, 1.165) is 12.8 Å². The van der Waals surface area contributed by atoms with Gasteiger partial charge in [0.1, 0.15) is 10.6 Å². The lowest BCUT2D eigenvalue weighted by Crippen LogP contribution is -2.39. The number of ether oxygens (including phenoxy) is 1. The van der Waals surface area contributed by atoms with Crippen LogP contribution in [0.4, 0.5) is 0 Å². The highest BCUT2D eigenvalue weighted by Crippen LogP contribution is 2.31. The zero-order valence-corrected chi connectivity index (χ0v) is 12.1. The molecule has 7 heteroatoms. The minimum atomic E-state index is -3.65. The molecule has 0 radical (unpaired) electrons. The number of rotatable bonds is 4. The van der Waals surface area contributed by atoms with Crippen LogP contribution in [-0.2, 0) is 10.0 Å². The topological polar surface area (TPSA) is 96.4 Å². The summed E-state index contributed by atoms with van der Waals surface area (Å²) in [6.45, 7) is 0.769. The van der Waals surface area contributed by atoms with Crippen molar-refractivity contribution in [3.8, 4) is 11.8 Å². The quantitative estimate of drug-likeness (QED) is 0.881. The molecule has 0 spiro atoms. The molecular formula is C13H17N3O3S. The molecule has 1 atom stereocenters. The van der Waals surface area contributed by atoms with Gasteiger partial charge in [0.25, 0.3) is 0 Å². The highest BCUT2D eigenvalue weighted by molar-refractivity contribution is 7.89. The molecule has 1 aliphatic rings. The standard InChI is InChI=1S/C13H17N3O3S/c1-19-12-7-10(8-14)4-5-13(12)20(17,18)16-6-2-3-11(16)9-15/h4-5,7,11H,2-3,6,9,15H2,1H3/t11-/m1/s1. The van der Waals surface area contributed by atoms with Crippen molar-refractivity contribution in [3.63, 3.8) is 0 Å². The van der Waals surface area contributed by atoms with E-state index in [2.05, 4.69) is 0 Å². The van der Waals surface area contributed by atoms with Crippen molar-refractivity contribution >= 4 is 10.0 Å². The van der Waals surface area contributed by atoms with E-state index >= 15 is 0 Å². The summed E-state index contributed by atoms with van der Waals surface area (Å²) in [6, 6.07) is 6.12. The number of sulfonamides is 1. The molecule has 0 aromatic heterocycles. The molecule has 20 heavy (non-hydrogen) atoms. The van der Waals surface area contributed by atoms with Gasteiger partial charge < -0.3 is 10.5 Å². The van der Waals surface area contributed by atoms with Crippen LogP contribution in [0.5, 0.6) is 5.75 Å². The number of nitrogens with zero attached hydrogens (tertiary/aromatic N) is 2. The first kappa shape index (κ1) is 14.8. The van der Waals surface area contributed by atoms with Crippen molar-refractivity contribution in [2.75, 3.05) is 20.2 Å². The molecule has 1 aromatic rings. The predicted octanol–water partition coefficient (Wildman–Crippen LogP) is 0.679. The van der Waals surface area contributed by atoms with Gasteiger partial charge in [-0.3, -0.25) is 0 Å². The summed E-state index contributed by atoms with van der Waals surface area (Å²) in [4.78, 5) is 0.0827. The monoisotopic (exact) mass is 295 g/mol. The Balaban J connectivity index is 2.47. The van der Waals surface area contributed by atoms with Gasteiger partial charge in [-0.15, -0.1) is 0 Å². The molecule has 2 N–H and O–H groups in total. The number of benzene rings is 1. The smallest absolute Gasteiger partial charge is 0.247 e. The van der Waals surface area contributed by atoms with Crippen molar-refractivity contribution in [3.05, 3.63) is 23.8 Å². The summed E-state index contributed by atoms with van der Waals surface area (Å²) >= 11 is 0. The SMILES string of the molecule is COc1cc(C#N)ccc1S(=O)(=O)N1CCC[C@@H]1CN. The zero-order chi connectivity index (χ0) is 14.8. The summed E-state index contributed by atoms with van der Waals surface area (Å²) in [7, 11) is -2.26. The summed E-state index contributed by atoms with van der Waals surface area (Å²) in [6.07, 6.45) is 1.58. The van der Waals surface area contributed by atoms with Gasteiger partial charge in [-0.1, -0.05) is 0 Å². The van der Waals surface area contributed by atoms with E-state index in [1.807, 2.05) is 6.07 Å². The lowest BCUT2D eigenvalue weighted by atomic mass is 10.2. The Morgan fingerprint density at radius 3 is 2.90 bits per heavy atom. The molecule has 0 unspecified atom stereocenters. The van der Waals surface area contributed by atoms with Crippen molar-refractivity contribution in [2.45, 2.75) is 23.8 Å². The lowest BCUT2D eigenvalue weighted by Gasteiger charge is -2.23. The number of methoxy groups -OCH3 is 1. The Labute approximate surface area is 118 Å². The minimum absolute atomic E-state index is 0.0827. The van der Waals surface area contributed by atoms with Gasteiger partial charge in [-0.25, -0.2) is 8.42 Å². The molecule has 1 fully saturated rings. The molecule has 1 saturated heterocycles. The van der Waals surface area contributed by atoms with E-state index in [4.69, 9.17) is 15.7 Å². The van der Waals surface area contributed by atoms with Gasteiger partial charge in [0.05, 0.1) is 18.7 Å². The second-order valence-electron chi connectivity index (χ2n) is 4.62. The second kappa shape index (κ2) is 5.79. The van der Waals surface area contributed by atoms with Crippen molar-refractivity contribution in [2.24, 2.45) is 5.73 Å². The van der Waals surface area contributed by atoms with Gasteiger partial charge in [-0.2, -0.15) is 9.57 Å². The summed E-state index contributed by atoms with van der Waals surface area (Å²) in [5, 5.41) is 8.86. The van der Waals surface area contributed by atoms with Crippen LogP contribution >= 0.6 is 0 Å². The molecule has 1 aromatic carbocycles. The third kappa shape index (κ3) is 2.50. The Kier molecular flexibility index (Phi) is 4.28. The van der Waals surface area contributed by atoms with E-state index in [1.54, 1.807) is 0 Å². The molecule has 108 valence electrons. The molecule has 1 heterocycles. The van der Waals surface area contributed by atoms with E-state index in [0.29, 0.717) is 18.7 Å². The summed E-state index contributed by atoms with van der Waals surface area (Å²) in [5.74, 6) is 0.187. The summed E-state index contributed by atoms with van der Waals surface area (Å²) < 4.78 is 31.9. The third-order valence-corrected chi connectivity index (χ3v) is 5.47. The Morgan fingerprint density at radius 1 is 1.55 bits per heavy atom. The van der Waals surface area contributed by atoms with Gasteiger partial charge in [-0.05, 0) is 31.0 Å². The maximum absolute atomic E-state index is 12.7. The molecule has 0 amide bonds. The first-order chi connectivity index (χ1) is 9.54. The van der Waals surface area contributed by atoms with Crippen LogP contribution < -0.4 is 10.5 Å². The van der Waals surface area contributed by atoms with Gasteiger partial charge >= 0.3 is 0 Å². The van der Waals surface area contributed by atoms with Crippen LogP contribution in [0, 0.1) is 11.3 Å².